The van der Waals surface area contributed by atoms with E-state index in [-0.39, 0.29) is 12.1 Å². The van der Waals surface area contributed by atoms with Crippen LogP contribution in [0, 0.1) is 5.82 Å². The fourth-order valence-corrected chi connectivity index (χ4v) is 1.21. The molecule has 0 bridgehead atoms. The van der Waals surface area contributed by atoms with Crippen LogP contribution >= 0.6 is 0 Å². The number of nitrogens with one attached hydrogen (secondary N) is 2. The summed E-state index contributed by atoms with van der Waals surface area (Å²) in [6, 6.07) is 3.71. The second-order valence-corrected chi connectivity index (χ2v) is 3.49. The van der Waals surface area contributed by atoms with E-state index in [9.17, 15) is 14.0 Å². The number of urea groups is 1. The fourth-order valence-electron chi connectivity index (χ4n) is 1.21. The molecule has 1 atom stereocenters. The van der Waals surface area contributed by atoms with Crippen molar-refractivity contribution in [2.45, 2.75) is 12.6 Å². The zero-order valence-electron chi connectivity index (χ0n) is 9.39. The van der Waals surface area contributed by atoms with Crippen LogP contribution in [0.2, 0.25) is 0 Å². The van der Waals surface area contributed by atoms with Crippen LogP contribution in [0.3, 0.4) is 0 Å². The number of amides is 2. The minimum absolute atomic E-state index is 0.0731. The number of carbonyl (C=O) groups is 2. The third kappa shape index (κ3) is 4.02. The van der Waals surface area contributed by atoms with Crippen molar-refractivity contribution in [1.29, 1.82) is 0 Å². The minimum atomic E-state index is -1.38. The lowest BCUT2D eigenvalue weighted by Gasteiger charge is -2.12. The van der Waals surface area contributed by atoms with Crippen LogP contribution in [0.1, 0.15) is 5.56 Å². The van der Waals surface area contributed by atoms with Gasteiger partial charge in [-0.1, -0.05) is 18.2 Å². The van der Waals surface area contributed by atoms with Gasteiger partial charge in [0.15, 0.2) is 6.04 Å². The zero-order chi connectivity index (χ0) is 13.5. The predicted molar refractivity (Wildman–Crippen MR) is 60.3 cm³/mol. The quantitative estimate of drug-likeness (QED) is 0.599. The Morgan fingerprint density at radius 2 is 2.00 bits per heavy atom. The highest BCUT2D eigenvalue weighted by molar-refractivity contribution is 5.82. The first-order valence-electron chi connectivity index (χ1n) is 5.16. The Hall–Kier alpha value is -2.15. The highest BCUT2D eigenvalue weighted by Crippen LogP contribution is 2.05. The molecule has 1 rings (SSSR count). The van der Waals surface area contributed by atoms with Gasteiger partial charge in [-0.2, -0.15) is 0 Å². The number of hydrogen-bond donors (Lipinski definition) is 4. The van der Waals surface area contributed by atoms with Gasteiger partial charge in [-0.25, -0.2) is 14.0 Å². The molecule has 1 aromatic carbocycles. The second-order valence-electron chi connectivity index (χ2n) is 3.49. The molecule has 0 heterocycles. The third-order valence-electron chi connectivity index (χ3n) is 2.18. The van der Waals surface area contributed by atoms with Crippen molar-refractivity contribution in [2.24, 2.45) is 0 Å². The van der Waals surface area contributed by atoms with Gasteiger partial charge < -0.3 is 20.8 Å². The number of rotatable bonds is 5. The van der Waals surface area contributed by atoms with Gasteiger partial charge in [0.2, 0.25) is 0 Å². The molecule has 7 heteroatoms. The summed E-state index contributed by atoms with van der Waals surface area (Å²) in [5.74, 6) is -1.81. The van der Waals surface area contributed by atoms with Gasteiger partial charge in [0, 0.05) is 12.1 Å². The van der Waals surface area contributed by atoms with E-state index < -0.39 is 30.5 Å². The molecule has 1 aromatic rings. The van der Waals surface area contributed by atoms with Gasteiger partial charge in [-0.3, -0.25) is 0 Å². The zero-order valence-corrected chi connectivity index (χ0v) is 9.39. The maximum Gasteiger partial charge on any atom is 0.328 e. The van der Waals surface area contributed by atoms with Gasteiger partial charge in [-0.15, -0.1) is 0 Å². The Bertz CT molecular complexity index is 439. The number of carbonyl (C=O) groups excluding carboxylic acids is 1. The number of hydrogen-bond acceptors (Lipinski definition) is 3. The monoisotopic (exact) mass is 256 g/mol. The summed E-state index contributed by atoms with van der Waals surface area (Å²) < 4.78 is 13.2. The third-order valence-corrected chi connectivity index (χ3v) is 2.18. The van der Waals surface area contributed by atoms with Gasteiger partial charge in [-0.05, 0) is 6.07 Å². The SMILES string of the molecule is O=C(NCc1ccccc1F)N[C@H](CO)C(=O)O. The number of aliphatic carboxylic acids is 1. The van der Waals surface area contributed by atoms with Gasteiger partial charge >= 0.3 is 12.0 Å². The average molecular weight is 256 g/mol. The highest BCUT2D eigenvalue weighted by atomic mass is 19.1. The number of benzene rings is 1. The van der Waals surface area contributed by atoms with E-state index in [0.717, 1.165) is 0 Å². The molecule has 0 saturated heterocycles. The highest BCUT2D eigenvalue weighted by Gasteiger charge is 2.18. The lowest BCUT2D eigenvalue weighted by molar-refractivity contribution is -0.140. The summed E-state index contributed by atoms with van der Waals surface area (Å²) in [4.78, 5) is 21.8. The molecule has 18 heavy (non-hydrogen) atoms. The van der Waals surface area contributed by atoms with Crippen molar-refractivity contribution in [3.8, 4) is 0 Å². The molecular weight excluding hydrogens is 243 g/mol. The van der Waals surface area contributed by atoms with Crippen LogP contribution < -0.4 is 10.6 Å². The Morgan fingerprint density at radius 1 is 1.33 bits per heavy atom. The first-order chi connectivity index (χ1) is 8.54. The van der Waals surface area contributed by atoms with Gasteiger partial charge in [0.05, 0.1) is 6.61 Å². The molecule has 0 aliphatic heterocycles. The molecule has 4 N–H and O–H groups in total. The maximum absolute atomic E-state index is 13.2. The second kappa shape index (κ2) is 6.55. The molecule has 2 amide bonds. The molecule has 98 valence electrons. The summed E-state index contributed by atoms with van der Waals surface area (Å²) in [5, 5.41) is 21.6. The van der Waals surface area contributed by atoms with E-state index in [1.165, 1.54) is 18.2 Å². The first-order valence-corrected chi connectivity index (χ1v) is 5.16. The Labute approximate surface area is 102 Å². The lowest BCUT2D eigenvalue weighted by atomic mass is 10.2. The minimum Gasteiger partial charge on any atom is -0.480 e. The molecule has 0 aliphatic carbocycles. The summed E-state index contributed by atoms with van der Waals surface area (Å²) in [5.41, 5.74) is 0.281. The van der Waals surface area contributed by atoms with E-state index in [2.05, 4.69) is 5.32 Å². The average Bonchev–Trinajstić information content (AvgIpc) is 2.34. The normalized spacial score (nSPS) is 11.7. The van der Waals surface area contributed by atoms with E-state index in [1.54, 1.807) is 6.07 Å². The van der Waals surface area contributed by atoms with Crippen molar-refractivity contribution < 1.29 is 24.2 Å². The van der Waals surface area contributed by atoms with Crippen LogP contribution in [0.4, 0.5) is 9.18 Å². The smallest absolute Gasteiger partial charge is 0.328 e. The van der Waals surface area contributed by atoms with Crippen LogP contribution in [-0.4, -0.2) is 34.9 Å². The van der Waals surface area contributed by atoms with Crippen LogP contribution in [0.15, 0.2) is 24.3 Å². The molecule has 0 aromatic heterocycles. The molecular formula is C11H13FN2O4. The van der Waals surface area contributed by atoms with Crippen LogP contribution in [0.5, 0.6) is 0 Å². The summed E-state index contributed by atoms with van der Waals surface area (Å²) >= 11 is 0. The van der Waals surface area contributed by atoms with E-state index >= 15 is 0 Å². The van der Waals surface area contributed by atoms with Crippen molar-refractivity contribution in [3.63, 3.8) is 0 Å². The largest absolute Gasteiger partial charge is 0.480 e. The summed E-state index contributed by atoms with van der Waals surface area (Å²) in [7, 11) is 0. The van der Waals surface area contributed by atoms with E-state index in [4.69, 9.17) is 10.2 Å². The molecule has 0 aliphatic rings. The molecule has 0 unspecified atom stereocenters. The maximum atomic E-state index is 13.2. The number of halogens is 1. The van der Waals surface area contributed by atoms with Gasteiger partial charge in [0.1, 0.15) is 5.82 Å². The molecule has 0 saturated carbocycles. The number of carboxylic acid groups (broad SMARTS) is 1. The van der Waals surface area contributed by atoms with Crippen molar-refractivity contribution in [2.75, 3.05) is 6.61 Å². The number of carboxylic acids is 1. The molecule has 6 nitrogen and oxygen atoms in total. The van der Waals surface area contributed by atoms with Crippen LogP contribution in [-0.2, 0) is 11.3 Å². The number of aliphatic hydroxyl groups excluding tert-OH is 1. The van der Waals surface area contributed by atoms with E-state index in [1.807, 2.05) is 5.32 Å². The molecule has 0 radical (unpaired) electrons. The van der Waals surface area contributed by atoms with Crippen molar-refractivity contribution in [3.05, 3.63) is 35.6 Å². The summed E-state index contributed by atoms with van der Waals surface area (Å²) in [6.45, 7) is -0.793. The first kappa shape index (κ1) is 13.9. The Morgan fingerprint density at radius 3 is 2.56 bits per heavy atom. The van der Waals surface area contributed by atoms with Crippen molar-refractivity contribution >= 4 is 12.0 Å². The van der Waals surface area contributed by atoms with E-state index in [0.29, 0.717) is 0 Å². The standard InChI is InChI=1S/C11H13FN2O4/c12-8-4-2-1-3-7(8)5-13-11(18)14-9(6-15)10(16)17/h1-4,9,15H,5-6H2,(H,16,17)(H2,13,14,18)/t9-/m1/s1. The fraction of sp³-hybridized carbons (Fsp3) is 0.273. The molecule has 0 fully saturated rings. The number of aliphatic hydroxyl groups is 1. The Balaban J connectivity index is 2.47. The molecule has 0 spiro atoms. The Kier molecular flexibility index (Phi) is 5.06. The van der Waals surface area contributed by atoms with Crippen LogP contribution in [0.25, 0.3) is 0 Å². The lowest BCUT2D eigenvalue weighted by Crippen LogP contribution is -2.47. The van der Waals surface area contributed by atoms with Gasteiger partial charge in [0.25, 0.3) is 0 Å². The van der Waals surface area contributed by atoms with Crippen molar-refractivity contribution in [1.82, 2.24) is 10.6 Å². The predicted octanol–water partition coefficient (Wildman–Crippen LogP) is 0.0704. The topological polar surface area (TPSA) is 98.7 Å². The summed E-state index contributed by atoms with van der Waals surface area (Å²) in [6.07, 6.45) is 0.